The third kappa shape index (κ3) is 4.07. The van der Waals surface area contributed by atoms with Crippen LogP contribution in [0.4, 0.5) is 0 Å². The Morgan fingerprint density at radius 1 is 0.906 bits per heavy atom. The van der Waals surface area contributed by atoms with E-state index in [4.69, 9.17) is 19.4 Å². The van der Waals surface area contributed by atoms with Gasteiger partial charge in [0, 0.05) is 12.7 Å². The number of hydrogen-bond acceptors (Lipinski definition) is 6. The highest BCUT2D eigenvalue weighted by atomic mass is 32.1. The monoisotopic (exact) mass is 441 g/mol. The molecule has 0 N–H and O–H groups in total. The molecule has 0 bridgehead atoms. The smallest absolute Gasteiger partial charge is 0.126 e. The molecule has 0 aliphatic rings. The number of nitrogens with zero attached hydrogens (tertiary/aromatic N) is 3. The van der Waals surface area contributed by atoms with Crippen molar-refractivity contribution in [1.82, 2.24) is 15.0 Å². The molecule has 0 aliphatic carbocycles. The Hall–Kier alpha value is -3.35. The Kier molecular flexibility index (Phi) is 5.55. The van der Waals surface area contributed by atoms with Gasteiger partial charge in [0.15, 0.2) is 0 Å². The number of thiazole rings is 1. The Morgan fingerprint density at radius 3 is 2.56 bits per heavy atom. The van der Waals surface area contributed by atoms with Crippen LogP contribution in [0.3, 0.4) is 0 Å². The number of benzene rings is 3. The van der Waals surface area contributed by atoms with E-state index in [2.05, 4.69) is 55.2 Å². The topological polar surface area (TPSA) is 57.1 Å². The summed E-state index contributed by atoms with van der Waals surface area (Å²) in [5, 5.41) is 0.936. The summed E-state index contributed by atoms with van der Waals surface area (Å²) in [4.78, 5) is 14.4. The van der Waals surface area contributed by atoms with Crippen molar-refractivity contribution in [3.63, 3.8) is 0 Å². The fourth-order valence-electron chi connectivity index (χ4n) is 3.79. The van der Waals surface area contributed by atoms with Crippen molar-refractivity contribution in [2.45, 2.75) is 27.1 Å². The van der Waals surface area contributed by atoms with E-state index in [-0.39, 0.29) is 0 Å². The van der Waals surface area contributed by atoms with Crippen molar-refractivity contribution in [3.8, 4) is 16.3 Å². The maximum Gasteiger partial charge on any atom is 0.126 e. The van der Waals surface area contributed by atoms with Crippen molar-refractivity contribution >= 4 is 32.6 Å². The van der Waals surface area contributed by atoms with Gasteiger partial charge in [0.25, 0.3) is 0 Å². The summed E-state index contributed by atoms with van der Waals surface area (Å²) in [6, 6.07) is 18.5. The predicted octanol–water partition coefficient (Wildman–Crippen LogP) is 6.25. The van der Waals surface area contributed by atoms with Crippen LogP contribution < -0.4 is 4.74 Å². The average Bonchev–Trinajstić information content (AvgIpc) is 3.22. The molecule has 160 valence electrons. The first-order valence-electron chi connectivity index (χ1n) is 10.4. The number of ether oxygens (including phenoxy) is 2. The van der Waals surface area contributed by atoms with Gasteiger partial charge >= 0.3 is 0 Å². The van der Waals surface area contributed by atoms with Gasteiger partial charge in [-0.05, 0) is 54.8 Å². The molecule has 0 radical (unpaired) electrons. The van der Waals surface area contributed by atoms with Crippen LogP contribution in [0.2, 0.25) is 0 Å². The molecule has 0 fully saturated rings. The van der Waals surface area contributed by atoms with Crippen molar-refractivity contribution < 1.29 is 9.47 Å². The lowest BCUT2D eigenvalue weighted by Crippen LogP contribution is -1.96. The van der Waals surface area contributed by atoms with Crippen molar-refractivity contribution in [1.29, 1.82) is 0 Å². The zero-order valence-electron chi connectivity index (χ0n) is 18.3. The molecule has 5 rings (SSSR count). The third-order valence-electron chi connectivity index (χ3n) is 5.27. The third-order valence-corrected chi connectivity index (χ3v) is 6.31. The molecule has 2 heterocycles. The van der Waals surface area contributed by atoms with Crippen LogP contribution in [0.25, 0.3) is 31.8 Å². The summed E-state index contributed by atoms with van der Waals surface area (Å²) < 4.78 is 12.4. The van der Waals surface area contributed by atoms with E-state index in [1.165, 1.54) is 0 Å². The van der Waals surface area contributed by atoms with Crippen molar-refractivity contribution in [2.24, 2.45) is 0 Å². The average molecular weight is 442 g/mol. The van der Waals surface area contributed by atoms with Crippen LogP contribution in [0.15, 0.2) is 60.8 Å². The van der Waals surface area contributed by atoms with Gasteiger partial charge in [0.05, 0.1) is 39.7 Å². The lowest BCUT2D eigenvalue weighted by atomic mass is 10.1. The quantitative estimate of drug-likeness (QED) is 0.312. The standard InChI is InChI=1S/C26H23N3O2S/c1-16-9-21(25-22(10-16)28-19(13-27-25)15-30-3)26-29-24-17(2)11-20(12-23(24)32-26)31-14-18-7-5-4-6-8-18/h4-13H,14-15H2,1-3H3. The van der Waals surface area contributed by atoms with Crippen LogP contribution in [0, 0.1) is 13.8 Å². The molecule has 2 aromatic heterocycles. The fraction of sp³-hybridized carbons (Fsp3) is 0.192. The van der Waals surface area contributed by atoms with Crippen LogP contribution in [0.1, 0.15) is 22.4 Å². The van der Waals surface area contributed by atoms with Crippen LogP contribution in [-0.4, -0.2) is 22.1 Å². The fourth-order valence-corrected chi connectivity index (χ4v) is 4.88. The molecule has 6 heteroatoms. The second kappa shape index (κ2) is 8.65. The zero-order chi connectivity index (χ0) is 22.1. The molecule has 0 saturated carbocycles. The van der Waals surface area contributed by atoms with E-state index in [1.807, 2.05) is 18.2 Å². The number of rotatable bonds is 6. The highest BCUT2D eigenvalue weighted by molar-refractivity contribution is 7.21. The second-order valence-electron chi connectivity index (χ2n) is 7.85. The Balaban J connectivity index is 1.53. The van der Waals surface area contributed by atoms with Crippen molar-refractivity contribution in [3.05, 3.63) is 83.2 Å². The van der Waals surface area contributed by atoms with Gasteiger partial charge in [-0.2, -0.15) is 0 Å². The Bertz CT molecular complexity index is 1410. The molecule has 0 unspecified atom stereocenters. The predicted molar refractivity (Wildman–Crippen MR) is 129 cm³/mol. The molecule has 5 aromatic rings. The summed E-state index contributed by atoms with van der Waals surface area (Å²) in [5.74, 6) is 0.854. The van der Waals surface area contributed by atoms with E-state index in [1.54, 1.807) is 24.6 Å². The number of aryl methyl sites for hydroxylation is 2. The van der Waals surface area contributed by atoms with Gasteiger partial charge in [-0.25, -0.2) is 9.97 Å². The van der Waals surface area contributed by atoms with E-state index in [0.29, 0.717) is 13.2 Å². The molecule has 5 nitrogen and oxygen atoms in total. The zero-order valence-corrected chi connectivity index (χ0v) is 19.1. The maximum atomic E-state index is 6.07. The van der Waals surface area contributed by atoms with Gasteiger partial charge in [-0.15, -0.1) is 11.3 Å². The van der Waals surface area contributed by atoms with Gasteiger partial charge in [-0.1, -0.05) is 30.3 Å². The first-order valence-corrected chi connectivity index (χ1v) is 11.3. The number of aromatic nitrogens is 3. The number of hydrogen-bond donors (Lipinski definition) is 0. The highest BCUT2D eigenvalue weighted by Crippen LogP contribution is 2.37. The van der Waals surface area contributed by atoms with Gasteiger partial charge in [-0.3, -0.25) is 4.98 Å². The van der Waals surface area contributed by atoms with Gasteiger partial charge < -0.3 is 9.47 Å². The molecule has 0 spiro atoms. The molecular weight excluding hydrogens is 418 g/mol. The lowest BCUT2D eigenvalue weighted by molar-refractivity contribution is 0.181. The summed E-state index contributed by atoms with van der Waals surface area (Å²) in [5.41, 5.74) is 7.90. The van der Waals surface area contributed by atoms with Crippen LogP contribution in [-0.2, 0) is 18.0 Å². The molecule has 32 heavy (non-hydrogen) atoms. The Morgan fingerprint density at radius 2 is 1.75 bits per heavy atom. The molecule has 0 aliphatic heterocycles. The number of fused-ring (bicyclic) bond motifs is 2. The lowest BCUT2D eigenvalue weighted by Gasteiger charge is -2.07. The minimum absolute atomic E-state index is 0.443. The second-order valence-corrected chi connectivity index (χ2v) is 8.89. The summed E-state index contributed by atoms with van der Waals surface area (Å²) >= 11 is 1.65. The van der Waals surface area contributed by atoms with E-state index < -0.39 is 0 Å². The summed E-state index contributed by atoms with van der Waals surface area (Å²) in [7, 11) is 1.66. The maximum absolute atomic E-state index is 6.07. The van der Waals surface area contributed by atoms with E-state index >= 15 is 0 Å². The molecule has 0 saturated heterocycles. The van der Waals surface area contributed by atoms with Gasteiger partial charge in [0.1, 0.15) is 17.4 Å². The highest BCUT2D eigenvalue weighted by Gasteiger charge is 2.15. The van der Waals surface area contributed by atoms with Gasteiger partial charge in [0.2, 0.25) is 0 Å². The van der Waals surface area contributed by atoms with E-state index in [9.17, 15) is 0 Å². The SMILES string of the molecule is COCc1cnc2c(-c3nc4c(C)cc(OCc5ccccc5)cc4s3)cc(C)cc2n1. The minimum atomic E-state index is 0.443. The molecule has 0 amide bonds. The first kappa shape index (κ1) is 20.5. The molecule has 0 atom stereocenters. The normalized spacial score (nSPS) is 11.3. The van der Waals surface area contributed by atoms with Crippen LogP contribution in [0.5, 0.6) is 5.75 Å². The molecular formula is C26H23N3O2S. The first-order chi connectivity index (χ1) is 15.6. The largest absolute Gasteiger partial charge is 0.489 e. The summed E-state index contributed by atoms with van der Waals surface area (Å²) in [6.07, 6.45) is 1.78. The van der Waals surface area contributed by atoms with Crippen molar-refractivity contribution in [2.75, 3.05) is 7.11 Å². The molecule has 3 aromatic carbocycles. The van der Waals surface area contributed by atoms with Crippen LogP contribution >= 0.6 is 11.3 Å². The number of methoxy groups -OCH3 is 1. The minimum Gasteiger partial charge on any atom is -0.489 e. The summed E-state index contributed by atoms with van der Waals surface area (Å²) in [6.45, 7) is 5.13. The van der Waals surface area contributed by atoms with E-state index in [0.717, 1.165) is 60.0 Å². The Labute approximate surface area is 190 Å².